The fourth-order valence-electron chi connectivity index (χ4n) is 5.67. The summed E-state index contributed by atoms with van der Waals surface area (Å²) in [6.07, 6.45) is 12.1. The molecule has 0 heteroatoms. The van der Waals surface area contributed by atoms with E-state index in [0.29, 0.717) is 0 Å². The van der Waals surface area contributed by atoms with E-state index >= 15 is 0 Å². The van der Waals surface area contributed by atoms with Crippen LogP contribution >= 0.6 is 0 Å². The second-order valence-electron chi connectivity index (χ2n) is 6.72. The minimum Gasteiger partial charge on any atom is -0.0654 e. The van der Waals surface area contributed by atoms with Gasteiger partial charge in [-0.05, 0) is 41.4 Å². The van der Waals surface area contributed by atoms with Gasteiger partial charge in [-0.2, -0.15) is 0 Å². The van der Waals surface area contributed by atoms with Gasteiger partial charge in [-0.3, -0.25) is 0 Å². The third-order valence-corrected chi connectivity index (χ3v) is 6.32. The number of rotatable bonds is 8. The zero-order chi connectivity index (χ0) is 10.0. The van der Waals surface area contributed by atoms with Gasteiger partial charge in [0.15, 0.2) is 0 Å². The van der Waals surface area contributed by atoms with Gasteiger partial charge in [-0.25, -0.2) is 0 Å². The molecule has 0 nitrogen and oxygen atoms in total. The molecule has 0 aliphatic heterocycles. The number of unbranched alkanes of at least 4 members (excludes halogenated alkanes) is 6. The Labute approximate surface area is 93.8 Å². The average Bonchev–Trinajstić information content (AvgIpc) is 2.75. The lowest BCUT2D eigenvalue weighted by molar-refractivity contribution is 0.209. The fraction of sp³-hybridized carbons (Fsp3) is 1.00. The third kappa shape index (κ3) is 0.875. The van der Waals surface area contributed by atoms with Crippen molar-refractivity contribution in [1.29, 1.82) is 0 Å². The Morgan fingerprint density at radius 1 is 0.733 bits per heavy atom. The third-order valence-electron chi connectivity index (χ3n) is 6.32. The van der Waals surface area contributed by atoms with E-state index in [1.165, 1.54) is 68.1 Å². The van der Waals surface area contributed by atoms with Gasteiger partial charge in [0.2, 0.25) is 0 Å². The summed E-state index contributed by atoms with van der Waals surface area (Å²) in [5, 5.41) is 0. The summed E-state index contributed by atoms with van der Waals surface area (Å²) >= 11 is 0. The largest absolute Gasteiger partial charge is 0.0654 e. The minimum atomic E-state index is 1.03. The highest BCUT2D eigenvalue weighted by Gasteiger charge is 3.04. The maximum Gasteiger partial charge on any atom is -0.0195 e. The molecule has 0 N–H and O–H groups in total. The van der Waals surface area contributed by atoms with Crippen LogP contribution in [-0.4, -0.2) is 0 Å². The van der Waals surface area contributed by atoms with Crippen molar-refractivity contribution in [2.75, 3.05) is 0 Å². The highest BCUT2D eigenvalue weighted by molar-refractivity contribution is 5.51. The van der Waals surface area contributed by atoms with Gasteiger partial charge in [0.05, 0.1) is 0 Å². The van der Waals surface area contributed by atoms with E-state index in [1.807, 2.05) is 0 Å². The summed E-state index contributed by atoms with van der Waals surface area (Å²) in [7, 11) is 0. The number of hydrogen-bond donors (Lipinski definition) is 0. The molecule has 5 fully saturated rings. The Bertz CT molecular complexity index is 250. The van der Waals surface area contributed by atoms with Crippen LogP contribution in [0.1, 0.15) is 58.3 Å². The molecule has 0 aromatic rings. The van der Waals surface area contributed by atoms with Crippen LogP contribution < -0.4 is 0 Å². The zero-order valence-corrected chi connectivity index (χ0v) is 10.0. The molecule has 15 heavy (non-hydrogen) atoms. The summed E-state index contributed by atoms with van der Waals surface area (Å²) < 4.78 is 0. The van der Waals surface area contributed by atoms with Crippen molar-refractivity contribution >= 4 is 0 Å². The summed E-state index contributed by atoms with van der Waals surface area (Å²) in [4.78, 5) is 0. The van der Waals surface area contributed by atoms with E-state index in [-0.39, 0.29) is 0 Å². The topological polar surface area (TPSA) is 0 Å². The first-order valence-corrected chi connectivity index (χ1v) is 7.43. The lowest BCUT2D eigenvalue weighted by Crippen LogP contribution is -2.21. The van der Waals surface area contributed by atoms with Crippen molar-refractivity contribution in [3.8, 4) is 0 Å². The molecule has 4 unspecified atom stereocenters. The first kappa shape index (κ1) is 9.07. The van der Waals surface area contributed by atoms with Crippen LogP contribution in [0.2, 0.25) is 0 Å². The van der Waals surface area contributed by atoms with Crippen LogP contribution in [0.3, 0.4) is 0 Å². The minimum absolute atomic E-state index is 1.03. The first-order chi connectivity index (χ1) is 7.43. The maximum atomic E-state index is 2.30. The fourth-order valence-corrected chi connectivity index (χ4v) is 5.67. The molecule has 0 bridgehead atoms. The molecule has 0 aromatic carbocycles. The van der Waals surface area contributed by atoms with Crippen molar-refractivity contribution in [2.45, 2.75) is 58.3 Å². The van der Waals surface area contributed by atoms with Gasteiger partial charge in [0, 0.05) is 0 Å². The molecule has 0 amide bonds. The summed E-state index contributed by atoms with van der Waals surface area (Å²) in [6.45, 7) is 2.30. The monoisotopic (exact) mass is 204 g/mol. The molecule has 0 saturated heterocycles. The summed E-state index contributed by atoms with van der Waals surface area (Å²) in [5.74, 6) is 6.51. The van der Waals surface area contributed by atoms with Crippen molar-refractivity contribution < 1.29 is 0 Å². The summed E-state index contributed by atoms with van der Waals surface area (Å²) in [5.41, 5.74) is 1.03. The van der Waals surface area contributed by atoms with E-state index in [2.05, 4.69) is 6.92 Å². The smallest absolute Gasteiger partial charge is 0.0195 e. The highest BCUT2D eigenvalue weighted by Crippen LogP contribution is 3.08. The highest BCUT2D eigenvalue weighted by atomic mass is 15.1. The van der Waals surface area contributed by atoms with Crippen molar-refractivity contribution in [3.05, 3.63) is 0 Å². The molecule has 0 heterocycles. The normalized spacial score (nSPS) is 55.4. The molecule has 4 atom stereocenters. The number of hydrogen-bond acceptors (Lipinski definition) is 0. The van der Waals surface area contributed by atoms with Gasteiger partial charge >= 0.3 is 0 Å². The summed E-state index contributed by atoms with van der Waals surface area (Å²) in [6, 6.07) is 0. The molecule has 5 aliphatic carbocycles. The van der Waals surface area contributed by atoms with Crippen molar-refractivity contribution in [2.24, 2.45) is 35.0 Å². The van der Waals surface area contributed by atoms with E-state index in [4.69, 9.17) is 0 Å². The molecule has 0 spiro atoms. The van der Waals surface area contributed by atoms with Crippen molar-refractivity contribution in [3.63, 3.8) is 0 Å². The molecular weight excluding hydrogens is 180 g/mol. The van der Waals surface area contributed by atoms with E-state index in [0.717, 1.165) is 5.41 Å². The van der Waals surface area contributed by atoms with Crippen LogP contribution in [0.25, 0.3) is 0 Å². The van der Waals surface area contributed by atoms with Crippen LogP contribution in [0, 0.1) is 35.0 Å². The van der Waals surface area contributed by atoms with Gasteiger partial charge in [-0.15, -0.1) is 0 Å². The van der Waals surface area contributed by atoms with E-state index in [9.17, 15) is 0 Å². The lowest BCUT2D eigenvalue weighted by atomic mass is 9.77. The van der Waals surface area contributed by atoms with Gasteiger partial charge < -0.3 is 0 Å². The molecule has 5 aliphatic rings. The molecule has 5 rings (SSSR count). The first-order valence-electron chi connectivity index (χ1n) is 7.43. The SMILES string of the molecule is CCCCCCCCCC12C3C4C3C1C42. The molecule has 5 saturated carbocycles. The standard InChI is InChI=1S/C15H24/c1-2-3-4-5-6-7-8-9-15-12-10-11(12)14(15)13(10)15/h10-14H,2-9H2,1H3. The molecule has 0 radical (unpaired) electrons. The van der Waals surface area contributed by atoms with Crippen LogP contribution in [0.15, 0.2) is 0 Å². The van der Waals surface area contributed by atoms with Gasteiger partial charge in [0.25, 0.3) is 0 Å². The second kappa shape index (κ2) is 2.81. The Hall–Kier alpha value is 0. The van der Waals surface area contributed by atoms with E-state index in [1.54, 1.807) is 12.8 Å². The lowest BCUT2D eigenvalue weighted by Gasteiger charge is -2.27. The quantitative estimate of drug-likeness (QED) is 0.518. The maximum absolute atomic E-state index is 2.30. The van der Waals surface area contributed by atoms with Crippen LogP contribution in [0.4, 0.5) is 0 Å². The molecule has 0 aromatic heterocycles. The van der Waals surface area contributed by atoms with Gasteiger partial charge in [-0.1, -0.05) is 51.9 Å². The van der Waals surface area contributed by atoms with Crippen LogP contribution in [-0.2, 0) is 0 Å². The Balaban J connectivity index is 1.08. The molecule has 84 valence electrons. The van der Waals surface area contributed by atoms with E-state index < -0.39 is 0 Å². The zero-order valence-electron chi connectivity index (χ0n) is 10.0. The Kier molecular flexibility index (Phi) is 1.70. The molecular formula is C15H24. The van der Waals surface area contributed by atoms with Crippen molar-refractivity contribution in [1.82, 2.24) is 0 Å². The predicted octanol–water partition coefficient (Wildman–Crippen LogP) is 4.25. The van der Waals surface area contributed by atoms with Crippen LogP contribution in [0.5, 0.6) is 0 Å². The average molecular weight is 204 g/mol. The Morgan fingerprint density at radius 2 is 1.33 bits per heavy atom. The Morgan fingerprint density at radius 3 is 1.93 bits per heavy atom. The van der Waals surface area contributed by atoms with Gasteiger partial charge in [0.1, 0.15) is 0 Å². The second-order valence-corrected chi connectivity index (χ2v) is 6.72. The predicted molar refractivity (Wildman–Crippen MR) is 62.5 cm³/mol.